The molecular weight excluding hydrogens is 266 g/mol. The van der Waals surface area contributed by atoms with Gasteiger partial charge in [0.25, 0.3) is 5.69 Å². The number of anilines is 1. The maximum atomic E-state index is 11.0. The van der Waals surface area contributed by atoms with Gasteiger partial charge < -0.3 is 0 Å². The Kier molecular flexibility index (Phi) is 4.66. The fourth-order valence-corrected chi connectivity index (χ4v) is 2.03. The molecule has 2 rings (SSSR count). The lowest BCUT2D eigenvalue weighted by molar-refractivity contribution is -0.385. The highest BCUT2D eigenvalue weighted by atomic mass is 16.6. The normalized spacial score (nSPS) is 10.8. The van der Waals surface area contributed by atoms with Gasteiger partial charge in [0.1, 0.15) is 0 Å². The minimum absolute atomic E-state index is 0.136. The Hall–Kier alpha value is -2.69. The zero-order valence-electron chi connectivity index (χ0n) is 12.0. The van der Waals surface area contributed by atoms with Crippen LogP contribution >= 0.6 is 0 Å². The zero-order chi connectivity index (χ0) is 15.2. The molecule has 2 aromatic carbocycles. The van der Waals surface area contributed by atoms with E-state index in [1.807, 2.05) is 44.2 Å². The third kappa shape index (κ3) is 3.89. The van der Waals surface area contributed by atoms with Crippen molar-refractivity contribution >= 4 is 17.6 Å². The summed E-state index contributed by atoms with van der Waals surface area (Å²) in [5.74, 6) is 0. The third-order valence-corrected chi connectivity index (χ3v) is 3.11. The molecule has 0 unspecified atom stereocenters. The number of benzene rings is 2. The first-order valence-electron chi connectivity index (χ1n) is 6.73. The van der Waals surface area contributed by atoms with Crippen LogP contribution in [0.5, 0.6) is 0 Å². The monoisotopic (exact) mass is 283 g/mol. The summed E-state index contributed by atoms with van der Waals surface area (Å²) in [5, 5.41) is 15.1. The number of aryl methyl sites for hydroxylation is 2. The summed E-state index contributed by atoms with van der Waals surface area (Å²) in [5.41, 5.74) is 6.48. The molecule has 0 heterocycles. The van der Waals surface area contributed by atoms with Crippen LogP contribution in [0, 0.1) is 17.0 Å². The van der Waals surface area contributed by atoms with Crippen molar-refractivity contribution < 1.29 is 4.92 Å². The van der Waals surface area contributed by atoms with Crippen LogP contribution in [0.4, 0.5) is 11.4 Å². The largest absolute Gasteiger partial charge is 0.278 e. The Morgan fingerprint density at radius 1 is 1.29 bits per heavy atom. The van der Waals surface area contributed by atoms with E-state index in [4.69, 9.17) is 0 Å². The van der Waals surface area contributed by atoms with E-state index in [0.717, 1.165) is 16.8 Å². The standard InChI is InChI=1S/C16H17N3O2/c1-3-14-8-7-13(10-16(14)19(20)21)11-17-18-15-6-4-5-12(2)9-15/h4-11,18H,3H2,1-2H3/b17-11-. The summed E-state index contributed by atoms with van der Waals surface area (Å²) in [7, 11) is 0. The van der Waals surface area contributed by atoms with E-state index in [2.05, 4.69) is 10.5 Å². The van der Waals surface area contributed by atoms with Crippen molar-refractivity contribution in [3.05, 3.63) is 69.3 Å². The van der Waals surface area contributed by atoms with Gasteiger partial charge in [-0.15, -0.1) is 0 Å². The molecule has 1 N–H and O–H groups in total. The number of hydrogen-bond acceptors (Lipinski definition) is 4. The topological polar surface area (TPSA) is 67.5 Å². The van der Waals surface area contributed by atoms with Gasteiger partial charge >= 0.3 is 0 Å². The summed E-state index contributed by atoms with van der Waals surface area (Å²) >= 11 is 0. The van der Waals surface area contributed by atoms with Crippen molar-refractivity contribution in [2.45, 2.75) is 20.3 Å². The van der Waals surface area contributed by atoms with Crippen LogP contribution in [0.1, 0.15) is 23.6 Å². The molecule has 21 heavy (non-hydrogen) atoms. The predicted octanol–water partition coefficient (Wildman–Crippen LogP) is 3.91. The van der Waals surface area contributed by atoms with E-state index in [1.165, 1.54) is 0 Å². The number of nitrogens with zero attached hydrogens (tertiary/aromatic N) is 2. The second-order valence-corrected chi connectivity index (χ2v) is 4.74. The molecule has 0 radical (unpaired) electrons. The average molecular weight is 283 g/mol. The SMILES string of the molecule is CCc1ccc(/C=N\Nc2cccc(C)c2)cc1[N+](=O)[O-]. The lowest BCUT2D eigenvalue weighted by Crippen LogP contribution is -1.97. The molecule has 0 aliphatic carbocycles. The number of nitro benzene ring substituents is 1. The number of hydrogen-bond donors (Lipinski definition) is 1. The maximum absolute atomic E-state index is 11.0. The first-order valence-corrected chi connectivity index (χ1v) is 6.73. The van der Waals surface area contributed by atoms with Crippen LogP contribution in [0.25, 0.3) is 0 Å². The van der Waals surface area contributed by atoms with Gasteiger partial charge in [0.15, 0.2) is 0 Å². The highest BCUT2D eigenvalue weighted by molar-refractivity contribution is 5.81. The van der Waals surface area contributed by atoms with Crippen LogP contribution < -0.4 is 5.43 Å². The van der Waals surface area contributed by atoms with Gasteiger partial charge in [-0.1, -0.05) is 31.2 Å². The fraction of sp³-hybridized carbons (Fsp3) is 0.188. The molecule has 108 valence electrons. The van der Waals surface area contributed by atoms with Crippen molar-refractivity contribution in [2.24, 2.45) is 5.10 Å². The Bertz CT molecular complexity index is 681. The first-order chi connectivity index (χ1) is 10.1. The Balaban J connectivity index is 2.14. The fourth-order valence-electron chi connectivity index (χ4n) is 2.03. The number of hydrazone groups is 1. The molecule has 5 nitrogen and oxygen atoms in total. The van der Waals surface area contributed by atoms with Crippen molar-refractivity contribution in [1.29, 1.82) is 0 Å². The van der Waals surface area contributed by atoms with E-state index >= 15 is 0 Å². The average Bonchev–Trinajstić information content (AvgIpc) is 2.47. The quantitative estimate of drug-likeness (QED) is 0.514. The van der Waals surface area contributed by atoms with Gasteiger partial charge in [-0.2, -0.15) is 5.10 Å². The van der Waals surface area contributed by atoms with E-state index in [9.17, 15) is 10.1 Å². The van der Waals surface area contributed by atoms with Gasteiger partial charge in [-0.3, -0.25) is 15.5 Å². The maximum Gasteiger partial charge on any atom is 0.273 e. The van der Waals surface area contributed by atoms with Crippen molar-refractivity contribution in [3.63, 3.8) is 0 Å². The molecule has 0 fully saturated rings. The van der Waals surface area contributed by atoms with E-state index in [0.29, 0.717) is 12.0 Å². The lowest BCUT2D eigenvalue weighted by atomic mass is 10.1. The summed E-state index contributed by atoms with van der Waals surface area (Å²) in [6, 6.07) is 13.0. The minimum atomic E-state index is -0.357. The summed E-state index contributed by atoms with van der Waals surface area (Å²) in [6.45, 7) is 3.90. The summed E-state index contributed by atoms with van der Waals surface area (Å²) < 4.78 is 0. The second-order valence-electron chi connectivity index (χ2n) is 4.74. The van der Waals surface area contributed by atoms with Gasteiger partial charge in [0, 0.05) is 17.2 Å². The highest BCUT2D eigenvalue weighted by Gasteiger charge is 2.12. The summed E-state index contributed by atoms with van der Waals surface area (Å²) in [6.07, 6.45) is 2.21. The lowest BCUT2D eigenvalue weighted by Gasteiger charge is -2.02. The van der Waals surface area contributed by atoms with Gasteiger partial charge in [0.05, 0.1) is 16.8 Å². The first kappa shape index (κ1) is 14.7. The third-order valence-electron chi connectivity index (χ3n) is 3.11. The van der Waals surface area contributed by atoms with E-state index in [1.54, 1.807) is 18.3 Å². The molecule has 2 aromatic rings. The molecular formula is C16H17N3O2. The Morgan fingerprint density at radius 3 is 2.76 bits per heavy atom. The Morgan fingerprint density at radius 2 is 2.10 bits per heavy atom. The minimum Gasteiger partial charge on any atom is -0.278 e. The Labute approximate surface area is 123 Å². The molecule has 0 amide bonds. The van der Waals surface area contributed by atoms with Crippen molar-refractivity contribution in [1.82, 2.24) is 0 Å². The van der Waals surface area contributed by atoms with Crippen molar-refractivity contribution in [2.75, 3.05) is 5.43 Å². The van der Waals surface area contributed by atoms with Crippen LogP contribution in [0.2, 0.25) is 0 Å². The smallest absolute Gasteiger partial charge is 0.273 e. The van der Waals surface area contributed by atoms with Crippen molar-refractivity contribution in [3.8, 4) is 0 Å². The molecule has 0 aliphatic rings. The molecule has 0 atom stereocenters. The molecule has 0 aliphatic heterocycles. The number of nitro groups is 1. The van der Waals surface area contributed by atoms with Crippen LogP contribution in [0.3, 0.4) is 0 Å². The number of rotatable bonds is 5. The molecule has 5 heteroatoms. The zero-order valence-corrected chi connectivity index (χ0v) is 12.0. The van der Waals surface area contributed by atoms with Crippen LogP contribution in [-0.2, 0) is 6.42 Å². The van der Waals surface area contributed by atoms with Gasteiger partial charge in [0.2, 0.25) is 0 Å². The molecule has 0 saturated carbocycles. The molecule has 0 bridgehead atoms. The van der Waals surface area contributed by atoms with E-state index in [-0.39, 0.29) is 10.6 Å². The number of nitrogens with one attached hydrogen (secondary N) is 1. The van der Waals surface area contributed by atoms with E-state index < -0.39 is 0 Å². The second kappa shape index (κ2) is 6.65. The molecule has 0 aromatic heterocycles. The van der Waals surface area contributed by atoms with Crippen LogP contribution in [0.15, 0.2) is 47.6 Å². The van der Waals surface area contributed by atoms with Gasteiger partial charge in [-0.05, 0) is 31.0 Å². The highest BCUT2D eigenvalue weighted by Crippen LogP contribution is 2.20. The summed E-state index contributed by atoms with van der Waals surface area (Å²) in [4.78, 5) is 10.7. The molecule has 0 spiro atoms. The molecule has 0 saturated heterocycles. The van der Waals surface area contributed by atoms with Crippen LogP contribution in [-0.4, -0.2) is 11.1 Å². The van der Waals surface area contributed by atoms with Gasteiger partial charge in [-0.25, -0.2) is 0 Å². The predicted molar refractivity (Wildman–Crippen MR) is 84.9 cm³/mol.